The van der Waals surface area contributed by atoms with Gasteiger partial charge in [-0.2, -0.15) is 0 Å². The number of hydrogen-bond donors (Lipinski definition) is 0. The van der Waals surface area contributed by atoms with Crippen LogP contribution in [-0.4, -0.2) is 10.1 Å². The summed E-state index contributed by atoms with van der Waals surface area (Å²) in [6, 6.07) is 11.7. The van der Waals surface area contributed by atoms with E-state index in [9.17, 15) is 17.7 Å². The molecule has 2 aromatic rings. The molecule has 83 valence electrons. The summed E-state index contributed by atoms with van der Waals surface area (Å²) in [5, 5.41) is 0.939. The Hall–Kier alpha value is -1.20. The molecule has 1 unspecified atom stereocenters. The van der Waals surface area contributed by atoms with Crippen LogP contribution in [0.5, 0.6) is 0 Å². The summed E-state index contributed by atoms with van der Waals surface area (Å²) in [6.45, 7) is 0. The summed E-state index contributed by atoms with van der Waals surface area (Å²) >= 11 is -3.01. The van der Waals surface area contributed by atoms with Crippen molar-refractivity contribution in [2.24, 2.45) is 0 Å². The molecule has 1 nitrogen and oxygen atoms in total. The summed E-state index contributed by atoms with van der Waals surface area (Å²) in [6.07, 6.45) is 0. The third kappa shape index (κ3) is 2.01. The van der Waals surface area contributed by atoms with Crippen molar-refractivity contribution >= 4 is 21.9 Å². The predicted molar refractivity (Wildman–Crippen MR) is 55.2 cm³/mol. The van der Waals surface area contributed by atoms with Crippen molar-refractivity contribution in [2.75, 3.05) is 0 Å². The van der Waals surface area contributed by atoms with Crippen molar-refractivity contribution in [3.05, 3.63) is 42.5 Å². The zero-order valence-corrected chi connectivity index (χ0v) is 8.73. The van der Waals surface area contributed by atoms with Crippen molar-refractivity contribution in [3.63, 3.8) is 0 Å². The third-order valence-corrected chi connectivity index (χ3v) is 3.25. The van der Waals surface area contributed by atoms with Gasteiger partial charge in [0.25, 0.3) is 0 Å². The lowest BCUT2D eigenvalue weighted by Gasteiger charge is -2.13. The summed E-state index contributed by atoms with van der Waals surface area (Å²) in [4.78, 5) is -0.245. The molecule has 0 aromatic heterocycles. The molecule has 0 N–H and O–H groups in total. The molecule has 2 aromatic carbocycles. The molecule has 0 aliphatic heterocycles. The lowest BCUT2D eigenvalue weighted by atomic mass is 10.1. The maximum Gasteiger partial charge on any atom is 0.578 e. The highest BCUT2D eigenvalue weighted by Gasteiger charge is 2.46. The van der Waals surface area contributed by atoms with Gasteiger partial charge in [-0.1, -0.05) is 18.2 Å². The number of hydrogen-bond acceptors (Lipinski definition) is 1. The number of alkyl halides is 3. The van der Waals surface area contributed by atoms with E-state index in [1.807, 2.05) is 0 Å². The van der Waals surface area contributed by atoms with E-state index >= 15 is 0 Å². The molecule has 0 bridgehead atoms. The summed E-state index contributed by atoms with van der Waals surface area (Å²) in [5.74, 6) is 0. The SMILES string of the molecule is [O-][S+](c1c[c]cc2ccccc12)C(F)(F)F. The minimum atomic E-state index is -4.74. The Bertz CT molecular complexity index is 505. The van der Waals surface area contributed by atoms with E-state index in [0.717, 1.165) is 6.07 Å². The van der Waals surface area contributed by atoms with Gasteiger partial charge in [0, 0.05) is 11.5 Å². The molecule has 2 rings (SSSR count). The van der Waals surface area contributed by atoms with E-state index in [1.165, 1.54) is 6.07 Å². The van der Waals surface area contributed by atoms with E-state index < -0.39 is 16.7 Å². The molecule has 0 heterocycles. The van der Waals surface area contributed by atoms with Gasteiger partial charge in [-0.25, -0.2) is 0 Å². The number of fused-ring (bicyclic) bond motifs is 1. The van der Waals surface area contributed by atoms with Crippen molar-refractivity contribution in [1.29, 1.82) is 0 Å². The zero-order chi connectivity index (χ0) is 11.8. The van der Waals surface area contributed by atoms with E-state index in [4.69, 9.17) is 0 Å². The second-order valence-electron chi connectivity index (χ2n) is 3.12. The molecule has 1 radical (unpaired) electrons. The molecule has 0 fully saturated rings. The average Bonchev–Trinajstić information content (AvgIpc) is 2.26. The smallest absolute Gasteiger partial charge is 0.578 e. The monoisotopic (exact) mass is 243 g/mol. The first-order valence-electron chi connectivity index (χ1n) is 4.37. The highest BCUT2D eigenvalue weighted by Crippen LogP contribution is 2.33. The Balaban J connectivity index is 2.61. The number of halogens is 3. The van der Waals surface area contributed by atoms with E-state index in [2.05, 4.69) is 6.07 Å². The molecule has 0 spiro atoms. The fraction of sp³-hybridized carbons (Fsp3) is 0.0909. The van der Waals surface area contributed by atoms with Gasteiger partial charge < -0.3 is 4.55 Å². The van der Waals surface area contributed by atoms with Crippen molar-refractivity contribution in [2.45, 2.75) is 10.4 Å². The van der Waals surface area contributed by atoms with Gasteiger partial charge in [0.05, 0.1) is 11.2 Å². The van der Waals surface area contributed by atoms with Crippen LogP contribution in [0.3, 0.4) is 0 Å². The van der Waals surface area contributed by atoms with Gasteiger partial charge in [-0.3, -0.25) is 0 Å². The van der Waals surface area contributed by atoms with Crippen LogP contribution >= 0.6 is 0 Å². The molecule has 0 saturated heterocycles. The lowest BCUT2D eigenvalue weighted by Crippen LogP contribution is -2.23. The Morgan fingerprint density at radius 2 is 1.81 bits per heavy atom. The standard InChI is InChI=1S/C11H6F3OS/c12-11(13,14)16(15)10-7-3-5-8-4-1-2-6-9(8)10/h1-2,4-7H. The van der Waals surface area contributed by atoms with Gasteiger partial charge in [0.1, 0.15) is 0 Å². The van der Waals surface area contributed by atoms with Gasteiger partial charge in [0.15, 0.2) is 4.90 Å². The number of benzene rings is 2. The molecule has 0 saturated carbocycles. The normalized spacial score (nSPS) is 14.0. The summed E-state index contributed by atoms with van der Waals surface area (Å²) in [7, 11) is 0. The summed E-state index contributed by atoms with van der Waals surface area (Å²) < 4.78 is 48.3. The van der Waals surface area contributed by atoms with Crippen LogP contribution in [-0.2, 0) is 11.2 Å². The lowest BCUT2D eigenvalue weighted by molar-refractivity contribution is -0.0434. The highest BCUT2D eigenvalue weighted by atomic mass is 32.2. The van der Waals surface area contributed by atoms with E-state index in [0.29, 0.717) is 10.8 Å². The molecule has 0 aliphatic rings. The van der Waals surface area contributed by atoms with Crippen LogP contribution in [0, 0.1) is 6.07 Å². The second kappa shape index (κ2) is 3.99. The molecule has 5 heteroatoms. The van der Waals surface area contributed by atoms with Gasteiger partial charge >= 0.3 is 5.51 Å². The number of rotatable bonds is 1. The minimum absolute atomic E-state index is 0.245. The van der Waals surface area contributed by atoms with Crippen LogP contribution in [0.25, 0.3) is 10.8 Å². The molecule has 0 amide bonds. The van der Waals surface area contributed by atoms with Crippen LogP contribution in [0.1, 0.15) is 0 Å². The van der Waals surface area contributed by atoms with E-state index in [1.54, 1.807) is 24.3 Å². The van der Waals surface area contributed by atoms with Crippen LogP contribution in [0.2, 0.25) is 0 Å². The van der Waals surface area contributed by atoms with Crippen LogP contribution < -0.4 is 0 Å². The Labute approximate surface area is 93.1 Å². The van der Waals surface area contributed by atoms with Gasteiger partial charge in [0.2, 0.25) is 0 Å². The Morgan fingerprint density at radius 3 is 2.50 bits per heavy atom. The predicted octanol–water partition coefficient (Wildman–Crippen LogP) is 3.27. The topological polar surface area (TPSA) is 23.1 Å². The maximum atomic E-state index is 12.3. The molecule has 1 atom stereocenters. The largest absolute Gasteiger partial charge is 0.604 e. The average molecular weight is 243 g/mol. The molecular formula is C11H6F3OS. The first-order valence-corrected chi connectivity index (χ1v) is 5.52. The second-order valence-corrected chi connectivity index (χ2v) is 4.56. The quantitative estimate of drug-likeness (QED) is 0.705. The first-order chi connectivity index (χ1) is 7.50. The molecular weight excluding hydrogens is 237 g/mol. The van der Waals surface area contributed by atoms with Gasteiger partial charge in [-0.15, -0.1) is 13.2 Å². The maximum absolute atomic E-state index is 12.3. The molecule has 16 heavy (non-hydrogen) atoms. The van der Waals surface area contributed by atoms with E-state index in [-0.39, 0.29) is 4.90 Å². The van der Waals surface area contributed by atoms with Crippen molar-refractivity contribution in [1.82, 2.24) is 0 Å². The van der Waals surface area contributed by atoms with Crippen molar-refractivity contribution < 1.29 is 17.7 Å². The Morgan fingerprint density at radius 1 is 1.12 bits per heavy atom. The van der Waals surface area contributed by atoms with Crippen molar-refractivity contribution in [3.8, 4) is 0 Å². The summed E-state index contributed by atoms with van der Waals surface area (Å²) in [5.41, 5.74) is -4.74. The highest BCUT2D eigenvalue weighted by molar-refractivity contribution is 7.92. The minimum Gasteiger partial charge on any atom is -0.604 e. The third-order valence-electron chi connectivity index (χ3n) is 2.09. The molecule has 0 aliphatic carbocycles. The van der Waals surface area contributed by atoms with Crippen LogP contribution in [0.4, 0.5) is 13.2 Å². The van der Waals surface area contributed by atoms with Crippen LogP contribution in [0.15, 0.2) is 41.3 Å². The fourth-order valence-electron chi connectivity index (χ4n) is 1.41. The zero-order valence-electron chi connectivity index (χ0n) is 7.91. The first kappa shape index (κ1) is 11.3. The Kier molecular flexibility index (Phi) is 2.82. The fourth-order valence-corrected chi connectivity index (χ4v) is 2.22. The van der Waals surface area contributed by atoms with Gasteiger partial charge in [-0.05, 0) is 23.6 Å².